The average Bonchev–Trinajstić information content (AvgIpc) is 2.72. The van der Waals surface area contributed by atoms with Gasteiger partial charge < -0.3 is 4.90 Å². The minimum absolute atomic E-state index is 0.693. The summed E-state index contributed by atoms with van der Waals surface area (Å²) in [7, 11) is 0. The number of alkyl halides is 1. The fourth-order valence-electron chi connectivity index (χ4n) is 3.25. The summed E-state index contributed by atoms with van der Waals surface area (Å²) in [6, 6.07) is 0. The van der Waals surface area contributed by atoms with E-state index in [4.69, 9.17) is 11.6 Å². The first-order chi connectivity index (χ1) is 9.38. The molecule has 1 saturated heterocycles. The number of piperidine rings is 1. The number of fused-ring (bicyclic) bond motifs is 1. The van der Waals surface area contributed by atoms with E-state index in [-0.39, 0.29) is 0 Å². The molecular formula is C15H22ClN3. The molecule has 0 atom stereocenters. The third kappa shape index (κ3) is 2.86. The first-order valence-corrected chi connectivity index (χ1v) is 8.05. The van der Waals surface area contributed by atoms with Crippen molar-refractivity contribution < 1.29 is 0 Å². The molecule has 1 aliphatic carbocycles. The van der Waals surface area contributed by atoms with Crippen LogP contribution in [0, 0.1) is 5.92 Å². The van der Waals surface area contributed by atoms with E-state index in [1.807, 2.05) is 0 Å². The van der Waals surface area contributed by atoms with Crippen molar-refractivity contribution in [1.29, 1.82) is 0 Å². The van der Waals surface area contributed by atoms with Crippen LogP contribution in [0.25, 0.3) is 0 Å². The maximum Gasteiger partial charge on any atom is 0.135 e. The molecule has 0 aromatic carbocycles. The van der Waals surface area contributed by atoms with Crippen LogP contribution in [0.2, 0.25) is 0 Å². The van der Waals surface area contributed by atoms with Gasteiger partial charge in [-0.25, -0.2) is 9.97 Å². The van der Waals surface area contributed by atoms with Gasteiger partial charge in [0.15, 0.2) is 0 Å². The van der Waals surface area contributed by atoms with Crippen LogP contribution in [-0.4, -0.2) is 28.9 Å². The summed E-state index contributed by atoms with van der Waals surface area (Å²) in [6.45, 7) is 2.20. The van der Waals surface area contributed by atoms with Gasteiger partial charge in [0.05, 0.1) is 0 Å². The van der Waals surface area contributed by atoms with E-state index in [2.05, 4.69) is 14.9 Å². The van der Waals surface area contributed by atoms with Gasteiger partial charge in [-0.05, 0) is 44.4 Å². The van der Waals surface area contributed by atoms with Gasteiger partial charge in [0.25, 0.3) is 0 Å². The minimum atomic E-state index is 0.693. The van der Waals surface area contributed by atoms with Crippen LogP contribution in [-0.2, 0) is 12.8 Å². The smallest absolute Gasteiger partial charge is 0.135 e. The molecule has 0 unspecified atom stereocenters. The lowest BCUT2D eigenvalue weighted by molar-refractivity contribution is 0.440. The van der Waals surface area contributed by atoms with E-state index in [1.165, 1.54) is 49.2 Å². The molecule has 1 aromatic heterocycles. The van der Waals surface area contributed by atoms with Gasteiger partial charge >= 0.3 is 0 Å². The van der Waals surface area contributed by atoms with Crippen LogP contribution in [0.5, 0.6) is 0 Å². The summed E-state index contributed by atoms with van der Waals surface area (Å²) in [5, 5.41) is 0. The Labute approximate surface area is 120 Å². The number of rotatable bonds is 2. The van der Waals surface area contributed by atoms with Crippen LogP contribution in [0.15, 0.2) is 6.33 Å². The molecule has 0 N–H and O–H groups in total. The van der Waals surface area contributed by atoms with E-state index < -0.39 is 0 Å². The molecular weight excluding hydrogens is 258 g/mol. The SMILES string of the molecule is ClCC1CCN(c2ncnc3c2CCCCC3)CC1. The zero-order valence-corrected chi connectivity index (χ0v) is 12.2. The summed E-state index contributed by atoms with van der Waals surface area (Å²) in [5.41, 5.74) is 2.71. The lowest BCUT2D eigenvalue weighted by Crippen LogP contribution is -2.35. The van der Waals surface area contributed by atoms with Crippen molar-refractivity contribution in [2.45, 2.75) is 44.9 Å². The fraction of sp³-hybridized carbons (Fsp3) is 0.733. The second-order valence-electron chi connectivity index (χ2n) is 5.77. The van der Waals surface area contributed by atoms with Crippen molar-refractivity contribution in [3.8, 4) is 0 Å². The van der Waals surface area contributed by atoms with Crippen LogP contribution < -0.4 is 4.90 Å². The molecule has 0 radical (unpaired) electrons. The second-order valence-corrected chi connectivity index (χ2v) is 6.08. The Hall–Kier alpha value is -0.830. The number of halogens is 1. The maximum atomic E-state index is 5.97. The van der Waals surface area contributed by atoms with Crippen molar-refractivity contribution in [3.63, 3.8) is 0 Å². The topological polar surface area (TPSA) is 29.0 Å². The number of aryl methyl sites for hydroxylation is 1. The minimum Gasteiger partial charge on any atom is -0.356 e. The molecule has 19 heavy (non-hydrogen) atoms. The number of anilines is 1. The first kappa shape index (κ1) is 13.2. The summed E-state index contributed by atoms with van der Waals surface area (Å²) in [6.07, 6.45) is 10.3. The van der Waals surface area contributed by atoms with E-state index >= 15 is 0 Å². The van der Waals surface area contributed by atoms with Gasteiger partial charge in [-0.2, -0.15) is 0 Å². The highest BCUT2D eigenvalue weighted by Crippen LogP contribution is 2.29. The largest absolute Gasteiger partial charge is 0.356 e. The lowest BCUT2D eigenvalue weighted by Gasteiger charge is -2.33. The Balaban J connectivity index is 1.81. The highest BCUT2D eigenvalue weighted by atomic mass is 35.5. The number of nitrogens with zero attached hydrogens (tertiary/aromatic N) is 3. The third-order valence-electron chi connectivity index (χ3n) is 4.48. The molecule has 0 amide bonds. The Morgan fingerprint density at radius 3 is 2.68 bits per heavy atom. The maximum absolute atomic E-state index is 5.97. The van der Waals surface area contributed by atoms with Crippen molar-refractivity contribution in [2.24, 2.45) is 5.92 Å². The normalized spacial score (nSPS) is 21.0. The van der Waals surface area contributed by atoms with E-state index in [0.29, 0.717) is 5.92 Å². The summed E-state index contributed by atoms with van der Waals surface area (Å²) in [4.78, 5) is 11.6. The van der Waals surface area contributed by atoms with Crippen molar-refractivity contribution in [2.75, 3.05) is 23.9 Å². The van der Waals surface area contributed by atoms with Gasteiger partial charge in [0.1, 0.15) is 12.1 Å². The molecule has 1 aliphatic heterocycles. The Morgan fingerprint density at radius 2 is 1.89 bits per heavy atom. The van der Waals surface area contributed by atoms with E-state index in [0.717, 1.165) is 31.8 Å². The molecule has 0 spiro atoms. The first-order valence-electron chi connectivity index (χ1n) is 7.52. The number of hydrogen-bond acceptors (Lipinski definition) is 3. The molecule has 3 nitrogen and oxygen atoms in total. The monoisotopic (exact) mass is 279 g/mol. The number of aromatic nitrogens is 2. The zero-order chi connectivity index (χ0) is 13.1. The van der Waals surface area contributed by atoms with Gasteiger partial charge in [0, 0.05) is 30.2 Å². The van der Waals surface area contributed by atoms with Crippen LogP contribution in [0.4, 0.5) is 5.82 Å². The standard InChI is InChI=1S/C15H22ClN3/c16-10-12-6-8-19(9-7-12)15-13-4-2-1-3-5-14(13)17-11-18-15/h11-12H,1-10H2. The van der Waals surface area contributed by atoms with Crippen molar-refractivity contribution in [1.82, 2.24) is 9.97 Å². The highest BCUT2D eigenvalue weighted by Gasteiger charge is 2.23. The van der Waals surface area contributed by atoms with Gasteiger partial charge in [-0.1, -0.05) is 6.42 Å². The lowest BCUT2D eigenvalue weighted by atomic mass is 9.98. The van der Waals surface area contributed by atoms with E-state index in [9.17, 15) is 0 Å². The molecule has 3 rings (SSSR count). The summed E-state index contributed by atoms with van der Waals surface area (Å²) < 4.78 is 0. The summed E-state index contributed by atoms with van der Waals surface area (Å²) >= 11 is 5.97. The van der Waals surface area contributed by atoms with Gasteiger partial charge in [0.2, 0.25) is 0 Å². The summed E-state index contributed by atoms with van der Waals surface area (Å²) in [5.74, 6) is 2.70. The van der Waals surface area contributed by atoms with Crippen molar-refractivity contribution >= 4 is 17.4 Å². The molecule has 0 saturated carbocycles. The number of hydrogen-bond donors (Lipinski definition) is 0. The molecule has 104 valence electrons. The Bertz CT molecular complexity index is 427. The highest BCUT2D eigenvalue weighted by molar-refractivity contribution is 6.18. The zero-order valence-electron chi connectivity index (χ0n) is 11.4. The molecule has 2 heterocycles. The van der Waals surface area contributed by atoms with Gasteiger partial charge in [-0.3, -0.25) is 0 Å². The fourth-order valence-corrected chi connectivity index (χ4v) is 3.56. The van der Waals surface area contributed by atoms with E-state index in [1.54, 1.807) is 6.33 Å². The quantitative estimate of drug-likeness (QED) is 0.615. The van der Waals surface area contributed by atoms with Crippen LogP contribution >= 0.6 is 11.6 Å². The average molecular weight is 280 g/mol. The second kappa shape index (κ2) is 6.08. The predicted octanol–water partition coefficient (Wildman–Crippen LogP) is 3.20. The Morgan fingerprint density at radius 1 is 1.11 bits per heavy atom. The molecule has 4 heteroatoms. The molecule has 2 aliphatic rings. The molecule has 1 aromatic rings. The van der Waals surface area contributed by atoms with Crippen molar-refractivity contribution in [3.05, 3.63) is 17.6 Å². The van der Waals surface area contributed by atoms with Crippen LogP contribution in [0.1, 0.15) is 43.4 Å². The van der Waals surface area contributed by atoms with Gasteiger partial charge in [-0.15, -0.1) is 11.6 Å². The third-order valence-corrected chi connectivity index (χ3v) is 4.92. The predicted molar refractivity (Wildman–Crippen MR) is 78.9 cm³/mol. The Kier molecular flexibility index (Phi) is 4.21. The van der Waals surface area contributed by atoms with Crippen LogP contribution in [0.3, 0.4) is 0 Å². The molecule has 1 fully saturated rings. The molecule has 0 bridgehead atoms.